The first-order valence-corrected chi connectivity index (χ1v) is 6.11. The molecule has 0 aliphatic carbocycles. The van der Waals surface area contributed by atoms with Crippen molar-refractivity contribution in [2.75, 3.05) is 20.1 Å². The minimum absolute atomic E-state index is 0.0374. The lowest BCUT2D eigenvalue weighted by atomic mass is 10.1. The molecule has 0 aliphatic rings. The molecule has 0 saturated heterocycles. The summed E-state index contributed by atoms with van der Waals surface area (Å²) in [5, 5.41) is 3.01. The van der Waals surface area contributed by atoms with Crippen molar-refractivity contribution in [3.05, 3.63) is 35.9 Å². The van der Waals surface area contributed by atoms with Crippen LogP contribution in [0, 0.1) is 0 Å². The predicted molar refractivity (Wildman–Crippen MR) is 70.9 cm³/mol. The minimum Gasteiger partial charge on any atom is -0.352 e. The van der Waals surface area contributed by atoms with E-state index in [4.69, 9.17) is 0 Å². The van der Waals surface area contributed by atoms with Crippen molar-refractivity contribution in [3.63, 3.8) is 0 Å². The summed E-state index contributed by atoms with van der Waals surface area (Å²) in [5.41, 5.74) is 1.26. The molecule has 0 heterocycles. The lowest BCUT2D eigenvalue weighted by Gasteiger charge is -2.23. The highest BCUT2D eigenvalue weighted by molar-refractivity contribution is 5.73. The second-order valence-electron chi connectivity index (χ2n) is 4.44. The van der Waals surface area contributed by atoms with Gasteiger partial charge in [0.1, 0.15) is 0 Å². The number of hydrogen-bond donors (Lipinski definition) is 1. The van der Waals surface area contributed by atoms with Gasteiger partial charge in [-0.3, -0.25) is 4.79 Å². The molecule has 1 N–H and O–H groups in total. The second-order valence-corrected chi connectivity index (χ2v) is 4.44. The SMILES string of the molecule is CCN(C)CC(Cc1ccccc1)NC(C)=O. The summed E-state index contributed by atoms with van der Waals surface area (Å²) in [5.74, 6) is 0.0374. The molecule has 0 aliphatic heterocycles. The molecule has 0 fully saturated rings. The van der Waals surface area contributed by atoms with Gasteiger partial charge in [0, 0.05) is 19.5 Å². The Bertz CT molecular complexity index is 337. The van der Waals surface area contributed by atoms with Gasteiger partial charge in [0.25, 0.3) is 0 Å². The molecule has 1 aromatic rings. The smallest absolute Gasteiger partial charge is 0.217 e. The average Bonchev–Trinajstić information content (AvgIpc) is 2.29. The van der Waals surface area contributed by atoms with Crippen molar-refractivity contribution in [1.29, 1.82) is 0 Å². The van der Waals surface area contributed by atoms with Crippen LogP contribution < -0.4 is 5.32 Å². The van der Waals surface area contributed by atoms with Crippen LogP contribution in [-0.4, -0.2) is 37.0 Å². The zero-order valence-corrected chi connectivity index (χ0v) is 10.9. The molecule has 0 radical (unpaired) electrons. The Kier molecular flexibility index (Phi) is 5.70. The Hall–Kier alpha value is -1.35. The summed E-state index contributed by atoms with van der Waals surface area (Å²) < 4.78 is 0. The Morgan fingerprint density at radius 1 is 1.35 bits per heavy atom. The fourth-order valence-electron chi connectivity index (χ4n) is 1.85. The summed E-state index contributed by atoms with van der Waals surface area (Å²) in [6, 6.07) is 10.4. The number of carbonyl (C=O) groups is 1. The van der Waals surface area contributed by atoms with Gasteiger partial charge in [0.15, 0.2) is 0 Å². The van der Waals surface area contributed by atoms with Crippen LogP contribution in [0.5, 0.6) is 0 Å². The average molecular weight is 234 g/mol. The molecule has 0 saturated carbocycles. The monoisotopic (exact) mass is 234 g/mol. The van der Waals surface area contributed by atoms with E-state index in [1.54, 1.807) is 6.92 Å². The topological polar surface area (TPSA) is 32.3 Å². The molecule has 1 unspecified atom stereocenters. The van der Waals surface area contributed by atoms with Crippen LogP contribution in [0.3, 0.4) is 0 Å². The van der Waals surface area contributed by atoms with E-state index in [-0.39, 0.29) is 11.9 Å². The molecular formula is C14H22N2O. The van der Waals surface area contributed by atoms with Crippen molar-refractivity contribution in [1.82, 2.24) is 10.2 Å². The molecule has 1 atom stereocenters. The fraction of sp³-hybridized carbons (Fsp3) is 0.500. The van der Waals surface area contributed by atoms with E-state index in [9.17, 15) is 4.79 Å². The normalized spacial score (nSPS) is 12.5. The van der Waals surface area contributed by atoms with Crippen LogP contribution in [0.2, 0.25) is 0 Å². The van der Waals surface area contributed by atoms with Crippen LogP contribution in [0.1, 0.15) is 19.4 Å². The van der Waals surface area contributed by atoms with Gasteiger partial charge in [-0.2, -0.15) is 0 Å². The first kappa shape index (κ1) is 13.7. The van der Waals surface area contributed by atoms with Gasteiger partial charge in [0.2, 0.25) is 5.91 Å². The lowest BCUT2D eigenvalue weighted by Crippen LogP contribution is -2.43. The molecule has 1 amide bonds. The quantitative estimate of drug-likeness (QED) is 0.812. The largest absolute Gasteiger partial charge is 0.352 e. The summed E-state index contributed by atoms with van der Waals surface area (Å²) in [6.45, 7) is 5.56. The molecule has 0 bridgehead atoms. The summed E-state index contributed by atoms with van der Waals surface area (Å²) in [4.78, 5) is 13.4. The van der Waals surface area contributed by atoms with Gasteiger partial charge in [-0.15, -0.1) is 0 Å². The molecule has 1 aromatic carbocycles. The van der Waals surface area contributed by atoms with Crippen molar-refractivity contribution in [3.8, 4) is 0 Å². The van der Waals surface area contributed by atoms with Crippen molar-refractivity contribution >= 4 is 5.91 Å². The van der Waals surface area contributed by atoms with Crippen LogP contribution in [0.4, 0.5) is 0 Å². The third kappa shape index (κ3) is 5.50. The minimum atomic E-state index is 0.0374. The Balaban J connectivity index is 2.60. The Morgan fingerprint density at radius 2 is 2.00 bits per heavy atom. The zero-order valence-electron chi connectivity index (χ0n) is 10.9. The zero-order chi connectivity index (χ0) is 12.7. The summed E-state index contributed by atoms with van der Waals surface area (Å²) in [7, 11) is 2.07. The van der Waals surface area contributed by atoms with Crippen molar-refractivity contribution in [2.45, 2.75) is 26.3 Å². The van der Waals surface area contributed by atoms with Crippen molar-refractivity contribution in [2.24, 2.45) is 0 Å². The molecule has 3 nitrogen and oxygen atoms in total. The van der Waals surface area contributed by atoms with E-state index in [1.807, 2.05) is 18.2 Å². The number of rotatable bonds is 6. The second kappa shape index (κ2) is 7.07. The van der Waals surface area contributed by atoms with Crippen LogP contribution in [0.15, 0.2) is 30.3 Å². The standard InChI is InChI=1S/C14H22N2O/c1-4-16(3)11-14(15-12(2)17)10-13-8-6-5-7-9-13/h5-9,14H,4,10-11H2,1-3H3,(H,15,17). The van der Waals surface area contributed by atoms with E-state index < -0.39 is 0 Å². The number of nitrogens with one attached hydrogen (secondary N) is 1. The van der Waals surface area contributed by atoms with Gasteiger partial charge in [-0.1, -0.05) is 37.3 Å². The number of nitrogens with zero attached hydrogens (tertiary/aromatic N) is 1. The highest BCUT2D eigenvalue weighted by Crippen LogP contribution is 2.04. The lowest BCUT2D eigenvalue weighted by molar-refractivity contribution is -0.119. The van der Waals surface area contributed by atoms with E-state index in [0.717, 1.165) is 19.5 Å². The van der Waals surface area contributed by atoms with E-state index in [0.29, 0.717) is 0 Å². The van der Waals surface area contributed by atoms with E-state index >= 15 is 0 Å². The van der Waals surface area contributed by atoms with Crippen molar-refractivity contribution < 1.29 is 4.79 Å². The van der Waals surface area contributed by atoms with Gasteiger partial charge in [0.05, 0.1) is 0 Å². The number of carbonyl (C=O) groups excluding carboxylic acids is 1. The Labute approximate surface area is 104 Å². The maximum absolute atomic E-state index is 11.2. The summed E-state index contributed by atoms with van der Waals surface area (Å²) in [6.07, 6.45) is 0.880. The van der Waals surface area contributed by atoms with Gasteiger partial charge < -0.3 is 10.2 Å². The highest BCUT2D eigenvalue weighted by atomic mass is 16.1. The highest BCUT2D eigenvalue weighted by Gasteiger charge is 2.12. The molecule has 17 heavy (non-hydrogen) atoms. The maximum atomic E-state index is 11.2. The molecule has 3 heteroatoms. The molecule has 94 valence electrons. The first-order valence-electron chi connectivity index (χ1n) is 6.11. The summed E-state index contributed by atoms with van der Waals surface area (Å²) >= 11 is 0. The number of hydrogen-bond acceptors (Lipinski definition) is 2. The first-order chi connectivity index (χ1) is 8.11. The Morgan fingerprint density at radius 3 is 2.53 bits per heavy atom. The van der Waals surface area contributed by atoms with Gasteiger partial charge >= 0.3 is 0 Å². The maximum Gasteiger partial charge on any atom is 0.217 e. The van der Waals surface area contributed by atoms with E-state index in [2.05, 4.69) is 36.3 Å². The third-order valence-electron chi connectivity index (χ3n) is 2.80. The number of benzene rings is 1. The predicted octanol–water partition coefficient (Wildman–Crippen LogP) is 1.69. The molecular weight excluding hydrogens is 212 g/mol. The van der Waals surface area contributed by atoms with Gasteiger partial charge in [-0.25, -0.2) is 0 Å². The number of amides is 1. The van der Waals surface area contributed by atoms with Gasteiger partial charge in [-0.05, 0) is 25.6 Å². The van der Waals surface area contributed by atoms with Crippen LogP contribution >= 0.6 is 0 Å². The fourth-order valence-corrected chi connectivity index (χ4v) is 1.85. The van der Waals surface area contributed by atoms with Crippen LogP contribution in [0.25, 0.3) is 0 Å². The van der Waals surface area contributed by atoms with E-state index in [1.165, 1.54) is 5.56 Å². The molecule has 0 aromatic heterocycles. The molecule has 1 rings (SSSR count). The number of likely N-dealkylation sites (N-methyl/N-ethyl adjacent to an activating group) is 1. The van der Waals surface area contributed by atoms with Crippen LogP contribution in [-0.2, 0) is 11.2 Å². The molecule has 0 spiro atoms. The third-order valence-corrected chi connectivity index (χ3v) is 2.80.